The highest BCUT2D eigenvalue weighted by Gasteiger charge is 2.11. The molecule has 0 spiro atoms. The molecule has 2 atom stereocenters. The van der Waals surface area contributed by atoms with Crippen LogP contribution < -0.4 is 10.5 Å². The van der Waals surface area contributed by atoms with Gasteiger partial charge in [-0.15, -0.1) is 0 Å². The predicted octanol–water partition coefficient (Wildman–Crippen LogP) is 2.39. The maximum Gasteiger partial charge on any atom is 0.184 e. The molecule has 0 aliphatic carbocycles. The van der Waals surface area contributed by atoms with Gasteiger partial charge < -0.3 is 10.5 Å². The molecule has 0 radical (unpaired) electrons. The van der Waals surface area contributed by atoms with E-state index in [1.807, 2.05) is 38.1 Å². The minimum Gasteiger partial charge on any atom is -0.475 e. The largest absolute Gasteiger partial charge is 0.475 e. The fraction of sp³-hybridized carbons (Fsp3) is 0.417. The van der Waals surface area contributed by atoms with Gasteiger partial charge in [-0.3, -0.25) is 0 Å². The van der Waals surface area contributed by atoms with E-state index in [0.29, 0.717) is 12.2 Å². The highest BCUT2D eigenvalue weighted by molar-refractivity contribution is 5.35. The molecule has 0 fully saturated rings. The Bertz CT molecular complexity index is 355. The van der Waals surface area contributed by atoms with Gasteiger partial charge in [-0.25, -0.2) is 0 Å². The lowest BCUT2D eigenvalue weighted by Crippen LogP contribution is -2.15. The van der Waals surface area contributed by atoms with Gasteiger partial charge in [-0.2, -0.15) is 5.26 Å². The Hall–Kier alpha value is -1.53. The number of nitrogens with two attached hydrogens (primary N) is 1. The predicted molar refractivity (Wildman–Crippen MR) is 59.4 cm³/mol. The number of hydrogen-bond donors (Lipinski definition) is 1. The van der Waals surface area contributed by atoms with Crippen LogP contribution in [0, 0.1) is 11.3 Å². The van der Waals surface area contributed by atoms with Crippen molar-refractivity contribution in [2.45, 2.75) is 32.4 Å². The highest BCUT2D eigenvalue weighted by Crippen LogP contribution is 2.24. The molecular formula is C12H16N2O. The minimum atomic E-state index is -0.398. The maximum absolute atomic E-state index is 8.81. The average Bonchev–Trinajstić information content (AvgIpc) is 2.26. The Morgan fingerprint density at radius 1 is 1.47 bits per heavy atom. The molecule has 0 saturated heterocycles. The molecule has 0 aliphatic rings. The van der Waals surface area contributed by atoms with Crippen LogP contribution in [-0.4, -0.2) is 6.10 Å². The lowest BCUT2D eigenvalue weighted by Gasteiger charge is -2.16. The second-order valence-corrected chi connectivity index (χ2v) is 3.47. The van der Waals surface area contributed by atoms with Crippen molar-refractivity contribution in [3.8, 4) is 11.8 Å². The number of nitrogens with zero attached hydrogens (tertiary/aromatic N) is 1. The summed E-state index contributed by atoms with van der Waals surface area (Å²) >= 11 is 0. The summed E-state index contributed by atoms with van der Waals surface area (Å²) in [4.78, 5) is 0. The number of rotatable bonds is 4. The van der Waals surface area contributed by atoms with E-state index in [4.69, 9.17) is 15.7 Å². The van der Waals surface area contributed by atoms with Crippen LogP contribution in [0.25, 0.3) is 0 Å². The first-order valence-corrected chi connectivity index (χ1v) is 5.09. The Labute approximate surface area is 90.5 Å². The molecule has 80 valence electrons. The van der Waals surface area contributed by atoms with E-state index in [2.05, 4.69) is 6.07 Å². The molecule has 1 rings (SSSR count). The van der Waals surface area contributed by atoms with Gasteiger partial charge in [-0.1, -0.05) is 25.1 Å². The summed E-state index contributed by atoms with van der Waals surface area (Å²) in [6.07, 6.45) is 0.272. The van der Waals surface area contributed by atoms with Gasteiger partial charge in [0.1, 0.15) is 11.8 Å². The van der Waals surface area contributed by atoms with E-state index in [9.17, 15) is 0 Å². The third-order valence-electron chi connectivity index (χ3n) is 2.19. The zero-order valence-electron chi connectivity index (χ0n) is 9.10. The molecule has 2 N–H and O–H groups in total. The average molecular weight is 204 g/mol. The summed E-state index contributed by atoms with van der Waals surface area (Å²) in [5.74, 6) is 0.709. The van der Waals surface area contributed by atoms with Gasteiger partial charge in [0.2, 0.25) is 0 Å². The number of para-hydroxylation sites is 1. The van der Waals surface area contributed by atoms with Crippen LogP contribution in [0.1, 0.15) is 31.9 Å². The zero-order chi connectivity index (χ0) is 11.3. The van der Waals surface area contributed by atoms with Crippen molar-refractivity contribution in [2.24, 2.45) is 5.73 Å². The first-order chi connectivity index (χ1) is 7.19. The topological polar surface area (TPSA) is 59.0 Å². The van der Waals surface area contributed by atoms with Crippen molar-refractivity contribution in [1.29, 1.82) is 5.26 Å². The summed E-state index contributed by atoms with van der Waals surface area (Å²) in [5, 5.41) is 8.81. The number of benzene rings is 1. The van der Waals surface area contributed by atoms with Crippen molar-refractivity contribution in [3.63, 3.8) is 0 Å². The standard InChI is InChI=1S/C12H16N2O/c1-3-10(8-13)15-12-7-5-4-6-11(12)9(2)14/h4-7,9-10H,3,14H2,1-2H3/t9-,10?/m1/s1. The van der Waals surface area contributed by atoms with Crippen molar-refractivity contribution in [3.05, 3.63) is 29.8 Å². The fourth-order valence-corrected chi connectivity index (χ4v) is 1.32. The van der Waals surface area contributed by atoms with Crippen LogP contribution in [0.2, 0.25) is 0 Å². The maximum atomic E-state index is 8.81. The third kappa shape index (κ3) is 2.97. The van der Waals surface area contributed by atoms with Gasteiger partial charge in [0, 0.05) is 11.6 Å². The van der Waals surface area contributed by atoms with Crippen LogP contribution in [0.5, 0.6) is 5.75 Å². The van der Waals surface area contributed by atoms with Gasteiger partial charge >= 0.3 is 0 Å². The number of ether oxygens (including phenoxy) is 1. The third-order valence-corrected chi connectivity index (χ3v) is 2.19. The monoisotopic (exact) mass is 204 g/mol. The van der Waals surface area contributed by atoms with E-state index in [1.165, 1.54) is 0 Å². The van der Waals surface area contributed by atoms with Gasteiger partial charge in [0.25, 0.3) is 0 Å². The van der Waals surface area contributed by atoms with E-state index in [0.717, 1.165) is 5.56 Å². The summed E-state index contributed by atoms with van der Waals surface area (Å²) in [5.41, 5.74) is 6.75. The molecule has 0 aliphatic heterocycles. The smallest absolute Gasteiger partial charge is 0.184 e. The molecule has 0 amide bonds. The molecule has 0 aromatic heterocycles. The summed E-state index contributed by atoms with van der Waals surface area (Å²) < 4.78 is 5.56. The van der Waals surface area contributed by atoms with Crippen LogP contribution in [0.15, 0.2) is 24.3 Å². The van der Waals surface area contributed by atoms with Crippen LogP contribution >= 0.6 is 0 Å². The van der Waals surface area contributed by atoms with Crippen LogP contribution in [-0.2, 0) is 0 Å². The van der Waals surface area contributed by atoms with E-state index < -0.39 is 6.10 Å². The van der Waals surface area contributed by atoms with Crippen molar-refractivity contribution in [1.82, 2.24) is 0 Å². The van der Waals surface area contributed by atoms with Crippen molar-refractivity contribution < 1.29 is 4.74 Å². The number of hydrogen-bond acceptors (Lipinski definition) is 3. The first kappa shape index (κ1) is 11.5. The van der Waals surface area contributed by atoms with Crippen LogP contribution in [0.4, 0.5) is 0 Å². The molecule has 3 nitrogen and oxygen atoms in total. The molecule has 0 saturated carbocycles. The van der Waals surface area contributed by atoms with Gasteiger partial charge in [0.05, 0.1) is 0 Å². The van der Waals surface area contributed by atoms with Gasteiger partial charge in [-0.05, 0) is 19.4 Å². The summed E-state index contributed by atoms with van der Waals surface area (Å²) in [6.45, 7) is 3.82. The van der Waals surface area contributed by atoms with E-state index >= 15 is 0 Å². The minimum absolute atomic E-state index is 0.0857. The SMILES string of the molecule is CCC(C#N)Oc1ccccc1[C@@H](C)N. The molecule has 3 heteroatoms. The molecular weight excluding hydrogens is 188 g/mol. The Morgan fingerprint density at radius 3 is 2.67 bits per heavy atom. The fourth-order valence-electron chi connectivity index (χ4n) is 1.32. The van der Waals surface area contributed by atoms with E-state index in [-0.39, 0.29) is 6.04 Å². The lowest BCUT2D eigenvalue weighted by atomic mass is 10.1. The molecule has 0 heterocycles. The van der Waals surface area contributed by atoms with Crippen LogP contribution in [0.3, 0.4) is 0 Å². The lowest BCUT2D eigenvalue weighted by molar-refractivity contribution is 0.248. The second-order valence-electron chi connectivity index (χ2n) is 3.47. The molecule has 1 aromatic carbocycles. The van der Waals surface area contributed by atoms with Crippen molar-refractivity contribution in [2.75, 3.05) is 0 Å². The van der Waals surface area contributed by atoms with Crippen molar-refractivity contribution >= 4 is 0 Å². The Morgan fingerprint density at radius 2 is 2.13 bits per heavy atom. The highest BCUT2D eigenvalue weighted by atomic mass is 16.5. The Kier molecular flexibility index (Phi) is 4.14. The molecule has 1 aromatic rings. The molecule has 1 unspecified atom stereocenters. The second kappa shape index (κ2) is 5.38. The number of nitriles is 1. The summed E-state index contributed by atoms with van der Waals surface area (Å²) in [7, 11) is 0. The van der Waals surface area contributed by atoms with Gasteiger partial charge in [0.15, 0.2) is 6.10 Å². The molecule has 15 heavy (non-hydrogen) atoms. The normalized spacial score (nSPS) is 14.0. The quantitative estimate of drug-likeness (QED) is 0.819. The first-order valence-electron chi connectivity index (χ1n) is 5.09. The summed E-state index contributed by atoms with van der Waals surface area (Å²) in [6, 6.07) is 9.58. The zero-order valence-corrected chi connectivity index (χ0v) is 9.10. The molecule has 0 bridgehead atoms. The Balaban J connectivity index is 2.89. The van der Waals surface area contributed by atoms with E-state index in [1.54, 1.807) is 0 Å².